The molecule has 1 aliphatic heterocycles. The number of aliphatic hydroxyl groups is 2. The zero-order chi connectivity index (χ0) is 15.7. The van der Waals surface area contributed by atoms with Crippen molar-refractivity contribution < 1.29 is 15.0 Å². The van der Waals surface area contributed by atoms with Gasteiger partial charge in [0.2, 0.25) is 5.91 Å². The first-order chi connectivity index (χ1) is 10.5. The number of likely N-dealkylation sites (tertiary alicyclic amines) is 1. The van der Waals surface area contributed by atoms with Gasteiger partial charge in [-0.25, -0.2) is 4.98 Å². The molecule has 6 heteroatoms. The van der Waals surface area contributed by atoms with E-state index in [9.17, 15) is 9.90 Å². The van der Waals surface area contributed by atoms with Gasteiger partial charge in [0, 0.05) is 13.1 Å². The van der Waals surface area contributed by atoms with E-state index in [0.717, 1.165) is 22.4 Å². The molecule has 0 atom stereocenters. The molecule has 0 unspecified atom stereocenters. The molecule has 0 radical (unpaired) electrons. The standard InChI is InChI=1S/C16H21N3O3/c1-11-17-13-3-2-12(8-14(13)18-11)9-15(21)19-6-4-16(22,10-20)5-7-19/h2-3,8,20,22H,4-7,9-10H2,1H3,(H,17,18). The monoisotopic (exact) mass is 303 g/mol. The molecule has 1 aromatic carbocycles. The summed E-state index contributed by atoms with van der Waals surface area (Å²) < 4.78 is 0. The molecule has 1 amide bonds. The maximum absolute atomic E-state index is 12.4. The van der Waals surface area contributed by atoms with Gasteiger partial charge < -0.3 is 20.1 Å². The van der Waals surface area contributed by atoms with E-state index < -0.39 is 5.60 Å². The Morgan fingerprint density at radius 2 is 2.14 bits per heavy atom. The molecular formula is C16H21N3O3. The Morgan fingerprint density at radius 3 is 2.82 bits per heavy atom. The summed E-state index contributed by atoms with van der Waals surface area (Å²) in [7, 11) is 0. The zero-order valence-electron chi connectivity index (χ0n) is 12.7. The van der Waals surface area contributed by atoms with Gasteiger partial charge in [-0.05, 0) is 37.5 Å². The average Bonchev–Trinajstić information content (AvgIpc) is 2.87. The Kier molecular flexibility index (Phi) is 3.88. The topological polar surface area (TPSA) is 89.5 Å². The number of amides is 1. The van der Waals surface area contributed by atoms with E-state index in [-0.39, 0.29) is 12.5 Å². The number of H-pyrrole nitrogens is 1. The molecule has 1 fully saturated rings. The van der Waals surface area contributed by atoms with Gasteiger partial charge in [0.15, 0.2) is 0 Å². The van der Waals surface area contributed by atoms with Crippen LogP contribution in [0.15, 0.2) is 18.2 Å². The molecule has 2 aromatic rings. The SMILES string of the molecule is Cc1nc2ccc(CC(=O)N3CCC(O)(CO)CC3)cc2[nH]1. The lowest BCUT2D eigenvalue weighted by Gasteiger charge is -2.37. The number of carbonyl (C=O) groups is 1. The van der Waals surface area contributed by atoms with Crippen molar-refractivity contribution in [3.63, 3.8) is 0 Å². The number of fused-ring (bicyclic) bond motifs is 1. The fraction of sp³-hybridized carbons (Fsp3) is 0.500. The zero-order valence-corrected chi connectivity index (χ0v) is 12.7. The van der Waals surface area contributed by atoms with E-state index in [1.807, 2.05) is 25.1 Å². The number of rotatable bonds is 3. The minimum atomic E-state index is -1.02. The number of aromatic amines is 1. The van der Waals surface area contributed by atoms with Crippen molar-refractivity contribution in [3.8, 4) is 0 Å². The van der Waals surface area contributed by atoms with E-state index >= 15 is 0 Å². The summed E-state index contributed by atoms with van der Waals surface area (Å²) in [5.41, 5.74) is 1.77. The largest absolute Gasteiger partial charge is 0.393 e. The minimum Gasteiger partial charge on any atom is -0.393 e. The Balaban J connectivity index is 1.66. The second-order valence-electron chi connectivity index (χ2n) is 6.11. The van der Waals surface area contributed by atoms with Crippen LogP contribution in [0.4, 0.5) is 0 Å². The molecule has 0 saturated carbocycles. The molecule has 6 nitrogen and oxygen atoms in total. The summed E-state index contributed by atoms with van der Waals surface area (Å²) in [6.07, 6.45) is 1.19. The third-order valence-corrected chi connectivity index (χ3v) is 4.36. The van der Waals surface area contributed by atoms with E-state index in [0.29, 0.717) is 32.4 Å². The first-order valence-electron chi connectivity index (χ1n) is 7.55. The summed E-state index contributed by atoms with van der Waals surface area (Å²) in [5.74, 6) is 0.911. The van der Waals surface area contributed by atoms with Gasteiger partial charge in [0.1, 0.15) is 5.82 Å². The van der Waals surface area contributed by atoms with Crippen LogP contribution in [-0.4, -0.2) is 56.3 Å². The number of piperidine rings is 1. The fourth-order valence-electron chi connectivity index (χ4n) is 2.91. The second-order valence-corrected chi connectivity index (χ2v) is 6.11. The normalized spacial score (nSPS) is 17.9. The molecule has 0 aliphatic carbocycles. The smallest absolute Gasteiger partial charge is 0.226 e. The number of nitrogens with one attached hydrogen (secondary N) is 1. The van der Waals surface area contributed by atoms with Crippen molar-refractivity contribution in [3.05, 3.63) is 29.6 Å². The number of hydrogen-bond acceptors (Lipinski definition) is 4. The maximum atomic E-state index is 12.4. The first-order valence-corrected chi connectivity index (χ1v) is 7.55. The lowest BCUT2D eigenvalue weighted by molar-refractivity contribution is -0.136. The molecule has 118 valence electrons. The van der Waals surface area contributed by atoms with Crippen LogP contribution in [0.25, 0.3) is 11.0 Å². The molecule has 3 rings (SSSR count). The van der Waals surface area contributed by atoms with Gasteiger partial charge >= 0.3 is 0 Å². The van der Waals surface area contributed by atoms with E-state index in [1.54, 1.807) is 4.90 Å². The Morgan fingerprint density at radius 1 is 1.41 bits per heavy atom. The number of aliphatic hydroxyl groups excluding tert-OH is 1. The number of aromatic nitrogens is 2. The Labute approximate surface area is 128 Å². The highest BCUT2D eigenvalue weighted by Gasteiger charge is 2.33. The van der Waals surface area contributed by atoms with Crippen molar-refractivity contribution in [1.82, 2.24) is 14.9 Å². The lowest BCUT2D eigenvalue weighted by atomic mass is 9.92. The molecule has 1 aliphatic rings. The van der Waals surface area contributed by atoms with Crippen LogP contribution >= 0.6 is 0 Å². The van der Waals surface area contributed by atoms with Crippen LogP contribution < -0.4 is 0 Å². The van der Waals surface area contributed by atoms with Crippen LogP contribution in [0.2, 0.25) is 0 Å². The maximum Gasteiger partial charge on any atom is 0.226 e. The van der Waals surface area contributed by atoms with Crippen LogP contribution in [0.3, 0.4) is 0 Å². The number of benzene rings is 1. The highest BCUT2D eigenvalue weighted by molar-refractivity contribution is 5.82. The van der Waals surface area contributed by atoms with Crippen LogP contribution in [0.5, 0.6) is 0 Å². The minimum absolute atomic E-state index is 0.0515. The van der Waals surface area contributed by atoms with E-state index in [2.05, 4.69) is 9.97 Å². The highest BCUT2D eigenvalue weighted by Crippen LogP contribution is 2.22. The molecular weight excluding hydrogens is 282 g/mol. The number of carbonyl (C=O) groups excluding carboxylic acids is 1. The van der Waals surface area contributed by atoms with Gasteiger partial charge in [-0.15, -0.1) is 0 Å². The predicted molar refractivity (Wildman–Crippen MR) is 82.4 cm³/mol. The van der Waals surface area contributed by atoms with Gasteiger partial charge in [-0.3, -0.25) is 4.79 Å². The van der Waals surface area contributed by atoms with Gasteiger partial charge in [-0.2, -0.15) is 0 Å². The number of hydrogen-bond donors (Lipinski definition) is 3. The summed E-state index contributed by atoms with van der Waals surface area (Å²) in [5, 5.41) is 19.1. The van der Waals surface area contributed by atoms with Crippen molar-refractivity contribution in [2.75, 3.05) is 19.7 Å². The second kappa shape index (κ2) is 5.70. The molecule has 22 heavy (non-hydrogen) atoms. The summed E-state index contributed by atoms with van der Waals surface area (Å²) in [6.45, 7) is 2.63. The summed E-state index contributed by atoms with van der Waals surface area (Å²) in [6, 6.07) is 5.80. The van der Waals surface area contributed by atoms with Gasteiger partial charge in [0.05, 0.1) is 29.7 Å². The Bertz CT molecular complexity index is 687. The third-order valence-electron chi connectivity index (χ3n) is 4.36. The quantitative estimate of drug-likeness (QED) is 0.781. The van der Waals surface area contributed by atoms with Crippen LogP contribution in [0.1, 0.15) is 24.2 Å². The Hall–Kier alpha value is -1.92. The van der Waals surface area contributed by atoms with Crippen LogP contribution in [-0.2, 0) is 11.2 Å². The lowest BCUT2D eigenvalue weighted by Crippen LogP contribution is -2.48. The van der Waals surface area contributed by atoms with E-state index in [1.165, 1.54) is 0 Å². The van der Waals surface area contributed by atoms with Gasteiger partial charge in [0.25, 0.3) is 0 Å². The average molecular weight is 303 g/mol. The number of nitrogens with zero attached hydrogens (tertiary/aromatic N) is 2. The van der Waals surface area contributed by atoms with Gasteiger partial charge in [-0.1, -0.05) is 6.07 Å². The molecule has 0 spiro atoms. The molecule has 2 heterocycles. The molecule has 0 bridgehead atoms. The van der Waals surface area contributed by atoms with Crippen molar-refractivity contribution in [2.24, 2.45) is 0 Å². The number of imidazole rings is 1. The van der Waals surface area contributed by atoms with E-state index in [4.69, 9.17) is 5.11 Å². The van der Waals surface area contributed by atoms with Crippen molar-refractivity contribution in [2.45, 2.75) is 31.8 Å². The molecule has 3 N–H and O–H groups in total. The summed E-state index contributed by atoms with van der Waals surface area (Å²) in [4.78, 5) is 21.6. The number of aryl methyl sites for hydroxylation is 1. The summed E-state index contributed by atoms with van der Waals surface area (Å²) >= 11 is 0. The molecule has 1 aromatic heterocycles. The molecule has 1 saturated heterocycles. The first kappa shape index (κ1) is 15.0. The van der Waals surface area contributed by atoms with Crippen molar-refractivity contribution in [1.29, 1.82) is 0 Å². The highest BCUT2D eigenvalue weighted by atomic mass is 16.3. The third kappa shape index (κ3) is 2.98. The van der Waals surface area contributed by atoms with Crippen molar-refractivity contribution >= 4 is 16.9 Å². The predicted octanol–water partition coefficient (Wildman–Crippen LogP) is 0.760. The fourth-order valence-corrected chi connectivity index (χ4v) is 2.91. The van der Waals surface area contributed by atoms with Crippen LogP contribution in [0, 0.1) is 6.92 Å².